The lowest BCUT2D eigenvalue weighted by Gasteiger charge is -2.29. The molecule has 1 heterocycles. The van der Waals surface area contributed by atoms with Crippen LogP contribution in [0.4, 0.5) is 5.82 Å². The summed E-state index contributed by atoms with van der Waals surface area (Å²) in [5.41, 5.74) is 6.90. The molecule has 1 aromatic heterocycles. The van der Waals surface area contributed by atoms with Gasteiger partial charge >= 0.3 is 0 Å². The lowest BCUT2D eigenvalue weighted by molar-refractivity contribution is 0.359. The van der Waals surface area contributed by atoms with Crippen molar-refractivity contribution in [1.82, 2.24) is 9.97 Å². The second-order valence-electron chi connectivity index (χ2n) is 5.80. The fraction of sp³-hybridized carbons (Fsp3) is 0.750. The van der Waals surface area contributed by atoms with Gasteiger partial charge in [-0.3, -0.25) is 4.98 Å². The summed E-state index contributed by atoms with van der Waals surface area (Å²) in [5, 5.41) is 0. The summed E-state index contributed by atoms with van der Waals surface area (Å²) in [5.74, 6) is 0.507. The van der Waals surface area contributed by atoms with Crippen molar-refractivity contribution in [1.29, 1.82) is 0 Å². The number of unbranched alkanes of at least 4 members (excludes halogenated alkanes) is 4. The molecule has 0 fully saturated rings. The van der Waals surface area contributed by atoms with Crippen LogP contribution >= 0.6 is 0 Å². The Labute approximate surface area is 118 Å². The van der Waals surface area contributed by atoms with E-state index in [1.54, 1.807) is 6.20 Å². The largest absolute Gasteiger partial charge is 0.382 e. The summed E-state index contributed by atoms with van der Waals surface area (Å²) >= 11 is 0. The molecule has 0 bridgehead atoms. The van der Waals surface area contributed by atoms with Crippen LogP contribution in [0.25, 0.3) is 0 Å². The number of anilines is 1. The average molecular weight is 263 g/mol. The van der Waals surface area contributed by atoms with Crippen LogP contribution in [0.5, 0.6) is 0 Å². The molecule has 0 spiro atoms. The Morgan fingerprint density at radius 2 is 1.63 bits per heavy atom. The van der Waals surface area contributed by atoms with Crippen LogP contribution in [0.15, 0.2) is 12.4 Å². The molecule has 2 N–H and O–H groups in total. The van der Waals surface area contributed by atoms with E-state index in [1.807, 2.05) is 6.20 Å². The number of nitrogens with two attached hydrogens (primary N) is 1. The van der Waals surface area contributed by atoms with Gasteiger partial charge in [-0.25, -0.2) is 4.98 Å². The number of rotatable bonds is 9. The molecule has 0 radical (unpaired) electrons. The van der Waals surface area contributed by atoms with Gasteiger partial charge in [0.2, 0.25) is 0 Å². The normalized spacial score (nSPS) is 14.3. The number of nitrogens with zero attached hydrogens (tertiary/aromatic N) is 2. The van der Waals surface area contributed by atoms with Gasteiger partial charge in [-0.05, 0) is 12.8 Å². The van der Waals surface area contributed by atoms with Gasteiger partial charge in [0, 0.05) is 5.41 Å². The van der Waals surface area contributed by atoms with Gasteiger partial charge in [0.15, 0.2) is 0 Å². The Balaban J connectivity index is 2.70. The van der Waals surface area contributed by atoms with E-state index in [0.29, 0.717) is 5.82 Å². The quantitative estimate of drug-likeness (QED) is 0.668. The van der Waals surface area contributed by atoms with Gasteiger partial charge < -0.3 is 5.73 Å². The second-order valence-corrected chi connectivity index (χ2v) is 5.80. The predicted octanol–water partition coefficient (Wildman–Crippen LogP) is 4.48. The molecule has 3 nitrogen and oxygen atoms in total. The van der Waals surface area contributed by atoms with E-state index in [4.69, 9.17) is 5.73 Å². The first-order valence-corrected chi connectivity index (χ1v) is 7.70. The Morgan fingerprint density at radius 3 is 2.21 bits per heavy atom. The van der Waals surface area contributed by atoms with Crippen molar-refractivity contribution >= 4 is 5.82 Å². The van der Waals surface area contributed by atoms with Gasteiger partial charge in [-0.15, -0.1) is 0 Å². The number of hydrogen-bond donors (Lipinski definition) is 1. The summed E-state index contributed by atoms with van der Waals surface area (Å²) in [6.07, 6.45) is 13.6. The van der Waals surface area contributed by atoms with Gasteiger partial charge in [0.1, 0.15) is 5.82 Å². The minimum Gasteiger partial charge on any atom is -0.382 e. The highest BCUT2D eigenvalue weighted by atomic mass is 14.9. The molecule has 0 aliphatic heterocycles. The third-order valence-electron chi connectivity index (χ3n) is 3.95. The molecule has 0 saturated heterocycles. The SMILES string of the molecule is CCCCCCC(C)(CCCC)c1cnc(N)cn1. The molecule has 0 aliphatic rings. The maximum Gasteiger partial charge on any atom is 0.141 e. The molecule has 19 heavy (non-hydrogen) atoms. The van der Waals surface area contributed by atoms with Crippen LogP contribution < -0.4 is 5.73 Å². The monoisotopic (exact) mass is 263 g/mol. The van der Waals surface area contributed by atoms with Crippen molar-refractivity contribution in [2.45, 2.75) is 77.6 Å². The summed E-state index contributed by atoms with van der Waals surface area (Å²) in [6.45, 7) is 6.82. The summed E-state index contributed by atoms with van der Waals surface area (Å²) < 4.78 is 0. The summed E-state index contributed by atoms with van der Waals surface area (Å²) in [7, 11) is 0. The van der Waals surface area contributed by atoms with Gasteiger partial charge in [0.05, 0.1) is 18.1 Å². The van der Waals surface area contributed by atoms with Gasteiger partial charge in [-0.2, -0.15) is 0 Å². The van der Waals surface area contributed by atoms with E-state index in [2.05, 4.69) is 30.7 Å². The van der Waals surface area contributed by atoms with E-state index in [1.165, 1.54) is 51.4 Å². The standard InChI is InChI=1S/C16H29N3/c1-4-6-8-9-11-16(3,10-7-5-2)14-12-19-15(17)13-18-14/h12-13H,4-11H2,1-3H3,(H2,17,19). The summed E-state index contributed by atoms with van der Waals surface area (Å²) in [6, 6.07) is 0. The zero-order valence-corrected chi connectivity index (χ0v) is 12.8. The molecule has 108 valence electrons. The molecular formula is C16H29N3. The van der Waals surface area contributed by atoms with Crippen LogP contribution in [0, 0.1) is 0 Å². The van der Waals surface area contributed by atoms with Crippen molar-refractivity contribution < 1.29 is 0 Å². The second kappa shape index (κ2) is 8.13. The first-order chi connectivity index (χ1) is 9.12. The Hall–Kier alpha value is -1.12. The third-order valence-corrected chi connectivity index (χ3v) is 3.95. The van der Waals surface area contributed by atoms with Crippen molar-refractivity contribution in [2.24, 2.45) is 0 Å². The van der Waals surface area contributed by atoms with Gasteiger partial charge in [-0.1, -0.05) is 59.3 Å². The molecule has 1 atom stereocenters. The van der Waals surface area contributed by atoms with Crippen molar-refractivity contribution in [3.8, 4) is 0 Å². The number of hydrogen-bond acceptors (Lipinski definition) is 3. The Morgan fingerprint density at radius 1 is 0.947 bits per heavy atom. The highest BCUT2D eigenvalue weighted by Crippen LogP contribution is 2.33. The van der Waals surface area contributed by atoms with Crippen molar-refractivity contribution in [3.63, 3.8) is 0 Å². The minimum absolute atomic E-state index is 0.157. The van der Waals surface area contributed by atoms with Gasteiger partial charge in [0.25, 0.3) is 0 Å². The third kappa shape index (κ3) is 5.17. The maximum atomic E-state index is 5.64. The lowest BCUT2D eigenvalue weighted by atomic mass is 9.77. The molecule has 3 heteroatoms. The first kappa shape index (κ1) is 15.9. The van der Waals surface area contributed by atoms with E-state index in [9.17, 15) is 0 Å². The average Bonchev–Trinajstić information content (AvgIpc) is 2.42. The molecule has 0 aromatic carbocycles. The smallest absolute Gasteiger partial charge is 0.141 e. The van der Waals surface area contributed by atoms with Crippen molar-refractivity contribution in [2.75, 3.05) is 5.73 Å². The van der Waals surface area contributed by atoms with E-state index in [-0.39, 0.29) is 5.41 Å². The topological polar surface area (TPSA) is 51.8 Å². The maximum absolute atomic E-state index is 5.64. The molecule has 1 unspecified atom stereocenters. The van der Waals surface area contributed by atoms with Crippen LogP contribution in [0.2, 0.25) is 0 Å². The van der Waals surface area contributed by atoms with E-state index >= 15 is 0 Å². The molecule has 1 rings (SSSR count). The first-order valence-electron chi connectivity index (χ1n) is 7.70. The fourth-order valence-electron chi connectivity index (χ4n) is 2.54. The molecular weight excluding hydrogens is 234 g/mol. The number of aromatic nitrogens is 2. The zero-order valence-electron chi connectivity index (χ0n) is 12.8. The molecule has 0 aliphatic carbocycles. The van der Waals surface area contributed by atoms with Crippen LogP contribution in [-0.4, -0.2) is 9.97 Å². The molecule has 0 amide bonds. The summed E-state index contributed by atoms with van der Waals surface area (Å²) in [4.78, 5) is 8.73. The Bertz CT molecular complexity index is 348. The van der Waals surface area contributed by atoms with Crippen LogP contribution in [0.1, 0.15) is 77.8 Å². The van der Waals surface area contributed by atoms with Crippen LogP contribution in [-0.2, 0) is 5.41 Å². The minimum atomic E-state index is 0.157. The molecule has 0 saturated carbocycles. The predicted molar refractivity (Wildman–Crippen MR) is 82.1 cm³/mol. The lowest BCUT2D eigenvalue weighted by Crippen LogP contribution is -2.24. The van der Waals surface area contributed by atoms with E-state index < -0.39 is 0 Å². The van der Waals surface area contributed by atoms with Crippen molar-refractivity contribution in [3.05, 3.63) is 18.1 Å². The van der Waals surface area contributed by atoms with E-state index in [0.717, 1.165) is 5.69 Å². The van der Waals surface area contributed by atoms with Crippen LogP contribution in [0.3, 0.4) is 0 Å². The fourth-order valence-corrected chi connectivity index (χ4v) is 2.54. The molecule has 1 aromatic rings. The highest BCUT2D eigenvalue weighted by Gasteiger charge is 2.27. The Kier molecular flexibility index (Phi) is 6.82. The highest BCUT2D eigenvalue weighted by molar-refractivity contribution is 5.25. The number of nitrogen functional groups attached to an aromatic ring is 1. The zero-order chi connectivity index (χ0) is 14.1.